The lowest BCUT2D eigenvalue weighted by molar-refractivity contribution is 0.280. The molecular weight excluding hydrogens is 505 g/mol. The zero-order valence-corrected chi connectivity index (χ0v) is 21.7. The van der Waals surface area contributed by atoms with Gasteiger partial charge in [-0.2, -0.15) is 4.68 Å². The molecule has 0 spiro atoms. The van der Waals surface area contributed by atoms with Crippen LogP contribution in [0.4, 0.5) is 0 Å². The first kappa shape index (κ1) is 26.8. The van der Waals surface area contributed by atoms with Crippen LogP contribution in [0.25, 0.3) is 5.69 Å². The average molecular weight is 532 g/mol. The zero-order chi connectivity index (χ0) is 23.6. The summed E-state index contributed by atoms with van der Waals surface area (Å²) < 4.78 is 13.4. The number of nitrogens with one attached hydrogen (secondary N) is 1. The summed E-state index contributed by atoms with van der Waals surface area (Å²) in [6.45, 7) is 1.98. The zero-order valence-electron chi connectivity index (χ0n) is 19.3. The lowest BCUT2D eigenvalue weighted by atomic mass is 10.1. The van der Waals surface area contributed by atoms with Crippen LogP contribution in [0.15, 0.2) is 78.0 Å². The number of para-hydroxylation sites is 2. The lowest BCUT2D eigenvalue weighted by Gasteiger charge is -2.16. The summed E-state index contributed by atoms with van der Waals surface area (Å²) in [6, 6.07) is 23.5. The highest BCUT2D eigenvalue weighted by Crippen LogP contribution is 2.32. The van der Waals surface area contributed by atoms with Gasteiger partial charge in [0, 0.05) is 22.9 Å². The van der Waals surface area contributed by atoms with Gasteiger partial charge in [0.2, 0.25) is 5.16 Å². The van der Waals surface area contributed by atoms with E-state index in [1.807, 2.05) is 66.7 Å². The fraction of sp³-hybridized carbons (Fsp3) is 0.240. The maximum atomic E-state index is 6.13. The average Bonchev–Trinajstić information content (AvgIpc) is 3.35. The molecule has 0 aliphatic heterocycles. The Labute approximate surface area is 220 Å². The van der Waals surface area contributed by atoms with Crippen molar-refractivity contribution in [2.75, 3.05) is 19.4 Å². The van der Waals surface area contributed by atoms with Crippen LogP contribution in [-0.4, -0.2) is 39.6 Å². The van der Waals surface area contributed by atoms with E-state index in [-0.39, 0.29) is 12.4 Å². The van der Waals surface area contributed by atoms with Gasteiger partial charge in [-0.1, -0.05) is 65.8 Å². The fourth-order valence-corrected chi connectivity index (χ4v) is 4.30. The predicted molar refractivity (Wildman–Crippen MR) is 142 cm³/mol. The standard InChI is InChI=1S/C25H26ClN5O2S.ClH/c1-32-23-10-5-7-20(24(23)33-18-19-11-13-21(26)14-12-19)17-27-15-6-16-34-25-28-29-30-31(25)22-8-3-2-4-9-22;/h2-5,7-14,27H,6,15-18H2,1H3;1H. The summed E-state index contributed by atoms with van der Waals surface area (Å²) in [5.74, 6) is 2.37. The SMILES string of the molecule is COc1cccc(CNCCCSc2nnnn2-c2ccccc2)c1OCc1ccc(Cl)cc1.Cl. The van der Waals surface area contributed by atoms with E-state index < -0.39 is 0 Å². The van der Waals surface area contributed by atoms with Crippen molar-refractivity contribution in [1.29, 1.82) is 0 Å². The molecule has 1 aromatic heterocycles. The van der Waals surface area contributed by atoms with E-state index in [2.05, 4.69) is 26.9 Å². The molecule has 0 saturated heterocycles. The molecule has 0 radical (unpaired) electrons. The molecule has 0 aliphatic carbocycles. The number of nitrogens with zero attached hydrogens (tertiary/aromatic N) is 4. The van der Waals surface area contributed by atoms with Crippen molar-refractivity contribution in [1.82, 2.24) is 25.5 Å². The van der Waals surface area contributed by atoms with E-state index in [9.17, 15) is 0 Å². The molecule has 0 bridgehead atoms. The molecule has 0 fully saturated rings. The van der Waals surface area contributed by atoms with E-state index in [0.717, 1.165) is 52.2 Å². The number of halogens is 2. The van der Waals surface area contributed by atoms with Crippen molar-refractivity contribution in [3.63, 3.8) is 0 Å². The van der Waals surface area contributed by atoms with Crippen molar-refractivity contribution in [2.45, 2.75) is 24.7 Å². The summed E-state index contributed by atoms with van der Waals surface area (Å²) in [5.41, 5.74) is 3.05. The molecule has 7 nitrogen and oxygen atoms in total. The van der Waals surface area contributed by atoms with Gasteiger partial charge in [0.05, 0.1) is 12.8 Å². The van der Waals surface area contributed by atoms with Crippen LogP contribution in [0.2, 0.25) is 5.02 Å². The number of methoxy groups -OCH3 is 1. The van der Waals surface area contributed by atoms with Gasteiger partial charge in [-0.05, 0) is 59.3 Å². The molecule has 35 heavy (non-hydrogen) atoms. The first-order chi connectivity index (χ1) is 16.7. The first-order valence-electron chi connectivity index (χ1n) is 10.9. The lowest BCUT2D eigenvalue weighted by Crippen LogP contribution is -2.16. The Kier molecular flexibility index (Phi) is 10.7. The number of aromatic nitrogens is 4. The highest BCUT2D eigenvalue weighted by Gasteiger charge is 2.11. The van der Waals surface area contributed by atoms with Gasteiger partial charge in [0.15, 0.2) is 11.5 Å². The molecule has 10 heteroatoms. The van der Waals surface area contributed by atoms with Crippen LogP contribution in [0.3, 0.4) is 0 Å². The first-order valence-corrected chi connectivity index (χ1v) is 12.3. The second-order valence-electron chi connectivity index (χ2n) is 7.45. The minimum Gasteiger partial charge on any atom is -0.493 e. The summed E-state index contributed by atoms with van der Waals surface area (Å²) in [5, 5.41) is 17.1. The van der Waals surface area contributed by atoms with Crippen molar-refractivity contribution >= 4 is 35.8 Å². The molecular formula is C25H27Cl2N5O2S. The number of benzene rings is 3. The highest BCUT2D eigenvalue weighted by atomic mass is 35.5. The second kappa shape index (κ2) is 13.9. The number of ether oxygens (including phenoxy) is 2. The Hall–Kier alpha value is -2.78. The summed E-state index contributed by atoms with van der Waals surface area (Å²) >= 11 is 7.62. The third-order valence-electron chi connectivity index (χ3n) is 5.06. The minimum absolute atomic E-state index is 0. The predicted octanol–water partition coefficient (Wildman–Crippen LogP) is 5.60. The molecule has 0 unspecified atom stereocenters. The number of hydrogen-bond donors (Lipinski definition) is 1. The third kappa shape index (κ3) is 7.60. The molecule has 0 atom stereocenters. The molecule has 1 N–H and O–H groups in total. The number of rotatable bonds is 12. The van der Waals surface area contributed by atoms with Crippen LogP contribution in [-0.2, 0) is 13.2 Å². The Morgan fingerprint density at radius 1 is 1.00 bits per heavy atom. The quantitative estimate of drug-likeness (QED) is 0.188. The molecule has 4 rings (SSSR count). The van der Waals surface area contributed by atoms with Crippen LogP contribution in [0.1, 0.15) is 17.5 Å². The number of hydrogen-bond acceptors (Lipinski definition) is 7. The molecule has 3 aromatic carbocycles. The van der Waals surface area contributed by atoms with Gasteiger partial charge in [0.25, 0.3) is 0 Å². The van der Waals surface area contributed by atoms with E-state index in [1.165, 1.54) is 0 Å². The van der Waals surface area contributed by atoms with Crippen LogP contribution >= 0.6 is 35.8 Å². The topological polar surface area (TPSA) is 74.1 Å². The minimum atomic E-state index is 0. The Morgan fingerprint density at radius 2 is 1.80 bits per heavy atom. The van der Waals surface area contributed by atoms with Gasteiger partial charge in [-0.15, -0.1) is 17.5 Å². The van der Waals surface area contributed by atoms with Crippen molar-refractivity contribution in [3.05, 3.63) is 88.9 Å². The van der Waals surface area contributed by atoms with Gasteiger partial charge in [-0.3, -0.25) is 0 Å². The van der Waals surface area contributed by atoms with Crippen LogP contribution in [0.5, 0.6) is 11.5 Å². The smallest absolute Gasteiger partial charge is 0.214 e. The Morgan fingerprint density at radius 3 is 2.57 bits per heavy atom. The highest BCUT2D eigenvalue weighted by molar-refractivity contribution is 7.99. The van der Waals surface area contributed by atoms with Crippen molar-refractivity contribution in [3.8, 4) is 17.2 Å². The van der Waals surface area contributed by atoms with Crippen molar-refractivity contribution < 1.29 is 9.47 Å². The van der Waals surface area contributed by atoms with Crippen LogP contribution in [0, 0.1) is 0 Å². The molecule has 0 aliphatic rings. The number of thioether (sulfide) groups is 1. The largest absolute Gasteiger partial charge is 0.493 e. The molecule has 4 aromatic rings. The van der Waals surface area contributed by atoms with Gasteiger partial charge in [-0.25, -0.2) is 0 Å². The van der Waals surface area contributed by atoms with Crippen molar-refractivity contribution in [2.24, 2.45) is 0 Å². The normalized spacial score (nSPS) is 10.6. The van der Waals surface area contributed by atoms with E-state index in [0.29, 0.717) is 18.2 Å². The van der Waals surface area contributed by atoms with Gasteiger partial charge >= 0.3 is 0 Å². The van der Waals surface area contributed by atoms with E-state index in [1.54, 1.807) is 23.6 Å². The fourth-order valence-electron chi connectivity index (χ4n) is 3.35. The maximum absolute atomic E-state index is 6.13. The molecule has 184 valence electrons. The van der Waals surface area contributed by atoms with E-state index >= 15 is 0 Å². The Balaban J connectivity index is 0.00000342. The summed E-state index contributed by atoms with van der Waals surface area (Å²) in [4.78, 5) is 0. The van der Waals surface area contributed by atoms with Gasteiger partial charge < -0.3 is 14.8 Å². The van der Waals surface area contributed by atoms with Gasteiger partial charge in [0.1, 0.15) is 6.61 Å². The maximum Gasteiger partial charge on any atom is 0.214 e. The molecule has 0 saturated carbocycles. The number of tetrazole rings is 1. The molecule has 0 amide bonds. The summed E-state index contributed by atoms with van der Waals surface area (Å²) in [7, 11) is 1.65. The van der Waals surface area contributed by atoms with Crippen LogP contribution < -0.4 is 14.8 Å². The summed E-state index contributed by atoms with van der Waals surface area (Å²) in [6.07, 6.45) is 0.969. The Bertz CT molecular complexity index is 1180. The third-order valence-corrected chi connectivity index (χ3v) is 6.32. The monoisotopic (exact) mass is 531 g/mol. The van der Waals surface area contributed by atoms with E-state index in [4.69, 9.17) is 21.1 Å². The molecule has 1 heterocycles. The second-order valence-corrected chi connectivity index (χ2v) is 8.95.